The fourth-order valence-electron chi connectivity index (χ4n) is 3.19. The van der Waals surface area contributed by atoms with Gasteiger partial charge in [-0.1, -0.05) is 35.9 Å². The number of aromatic nitrogens is 3. The zero-order valence-electron chi connectivity index (χ0n) is 16.6. The number of pyridine rings is 1. The first kappa shape index (κ1) is 20.6. The normalized spacial score (nSPS) is 11.6. The van der Waals surface area contributed by atoms with Crippen molar-refractivity contribution < 1.29 is 13.3 Å². The Bertz CT molecular complexity index is 1360. The van der Waals surface area contributed by atoms with Crippen LogP contribution in [0.3, 0.4) is 0 Å². The topological polar surface area (TPSA) is 120 Å². The minimum Gasteiger partial charge on any atom is -0.307 e. The number of non-ortho nitro benzene ring substituents is 1. The molecule has 2 aromatic heterocycles. The molecule has 31 heavy (non-hydrogen) atoms. The maximum absolute atomic E-state index is 12.7. The Kier molecular flexibility index (Phi) is 5.49. The molecule has 0 bridgehead atoms. The first-order valence-electron chi connectivity index (χ1n) is 9.43. The highest BCUT2D eigenvalue weighted by Gasteiger charge is 2.20. The maximum atomic E-state index is 12.7. The van der Waals surface area contributed by atoms with Gasteiger partial charge >= 0.3 is 0 Å². The van der Waals surface area contributed by atoms with Gasteiger partial charge in [0.25, 0.3) is 5.69 Å². The lowest BCUT2D eigenvalue weighted by atomic mass is 10.1. The number of nitrogens with one attached hydrogen (secondary N) is 1. The molecule has 4 aromatic rings. The second-order valence-electron chi connectivity index (χ2n) is 7.02. The molecular weight excluding hydrogens is 418 g/mol. The molecule has 1 N–H and O–H groups in total. The van der Waals surface area contributed by atoms with Gasteiger partial charge in [-0.25, -0.2) is 23.1 Å². The first-order chi connectivity index (χ1) is 14.8. The van der Waals surface area contributed by atoms with Crippen LogP contribution in [0.2, 0.25) is 0 Å². The average molecular weight is 437 g/mol. The molecule has 0 amide bonds. The molecule has 158 valence electrons. The van der Waals surface area contributed by atoms with Crippen molar-refractivity contribution in [2.45, 2.75) is 24.9 Å². The first-order valence-corrected chi connectivity index (χ1v) is 10.9. The van der Waals surface area contributed by atoms with E-state index in [1.165, 1.54) is 18.2 Å². The minimum atomic E-state index is -3.98. The lowest BCUT2D eigenvalue weighted by molar-refractivity contribution is -0.385. The Morgan fingerprint density at radius 3 is 2.61 bits per heavy atom. The largest absolute Gasteiger partial charge is 0.307 e. The van der Waals surface area contributed by atoms with Gasteiger partial charge in [0.1, 0.15) is 11.3 Å². The van der Waals surface area contributed by atoms with E-state index in [4.69, 9.17) is 0 Å². The third-order valence-corrected chi connectivity index (χ3v) is 6.20. The van der Waals surface area contributed by atoms with Crippen molar-refractivity contribution in [1.82, 2.24) is 19.3 Å². The van der Waals surface area contributed by atoms with Crippen molar-refractivity contribution in [3.63, 3.8) is 0 Å². The standard InChI is InChI=1S/C21H19N5O4S/c1-15-7-9-16(10-8-15)14-25-20(24-19-6-3-11-22-21(19)25)13-23-31(29,30)18-5-2-4-17(12-18)26(27)28/h2-12,23H,13-14H2,1H3. The summed E-state index contributed by atoms with van der Waals surface area (Å²) in [5.41, 5.74) is 3.17. The van der Waals surface area contributed by atoms with E-state index in [1.54, 1.807) is 12.3 Å². The lowest BCUT2D eigenvalue weighted by Crippen LogP contribution is -2.25. The number of hydrogen-bond donors (Lipinski definition) is 1. The van der Waals surface area contributed by atoms with E-state index in [1.807, 2.05) is 41.8 Å². The summed E-state index contributed by atoms with van der Waals surface area (Å²) < 4.78 is 29.8. The molecular formula is C21H19N5O4S. The Labute approximate surface area is 178 Å². The summed E-state index contributed by atoms with van der Waals surface area (Å²) in [4.78, 5) is 19.1. The van der Waals surface area contributed by atoms with Crippen LogP contribution in [-0.2, 0) is 23.1 Å². The van der Waals surface area contributed by atoms with Gasteiger partial charge in [0, 0.05) is 18.3 Å². The maximum Gasteiger partial charge on any atom is 0.270 e. The van der Waals surface area contributed by atoms with Crippen LogP contribution in [0.1, 0.15) is 17.0 Å². The Hall–Kier alpha value is -3.63. The number of fused-ring (bicyclic) bond motifs is 1. The summed E-state index contributed by atoms with van der Waals surface area (Å²) in [5.74, 6) is 0.489. The number of nitro benzene ring substituents is 1. The van der Waals surface area contributed by atoms with E-state index >= 15 is 0 Å². The third-order valence-electron chi connectivity index (χ3n) is 4.80. The minimum absolute atomic E-state index is 0.0900. The van der Waals surface area contributed by atoms with E-state index in [0.717, 1.165) is 17.2 Å². The van der Waals surface area contributed by atoms with Gasteiger partial charge in [0.2, 0.25) is 10.0 Å². The molecule has 0 aliphatic carbocycles. The van der Waals surface area contributed by atoms with Gasteiger partial charge in [0.15, 0.2) is 5.65 Å². The molecule has 0 saturated heterocycles. The van der Waals surface area contributed by atoms with Crippen LogP contribution in [0.25, 0.3) is 11.2 Å². The summed E-state index contributed by atoms with van der Waals surface area (Å²) in [5, 5.41) is 11.0. The predicted molar refractivity (Wildman–Crippen MR) is 115 cm³/mol. The number of hydrogen-bond acceptors (Lipinski definition) is 6. The van der Waals surface area contributed by atoms with Crippen molar-refractivity contribution >= 4 is 26.9 Å². The molecule has 4 rings (SSSR count). The predicted octanol–water partition coefficient (Wildman–Crippen LogP) is 3.17. The fourth-order valence-corrected chi connectivity index (χ4v) is 4.21. The zero-order chi connectivity index (χ0) is 22.0. The lowest BCUT2D eigenvalue weighted by Gasteiger charge is -2.11. The van der Waals surface area contributed by atoms with Gasteiger partial charge in [0.05, 0.1) is 22.9 Å². The second kappa shape index (κ2) is 8.25. The van der Waals surface area contributed by atoms with Crippen LogP contribution in [0.4, 0.5) is 5.69 Å². The molecule has 0 aliphatic rings. The highest BCUT2D eigenvalue weighted by molar-refractivity contribution is 7.89. The zero-order valence-corrected chi connectivity index (χ0v) is 17.4. The number of benzene rings is 2. The number of rotatable bonds is 7. The number of nitrogens with zero attached hydrogens (tertiary/aromatic N) is 4. The molecule has 9 nitrogen and oxygen atoms in total. The van der Waals surface area contributed by atoms with Gasteiger partial charge in [-0.15, -0.1) is 0 Å². The summed E-state index contributed by atoms with van der Waals surface area (Å²) in [7, 11) is -3.98. The molecule has 0 saturated carbocycles. The van der Waals surface area contributed by atoms with Gasteiger partial charge in [-0.3, -0.25) is 10.1 Å². The van der Waals surface area contributed by atoms with E-state index in [9.17, 15) is 18.5 Å². The highest BCUT2D eigenvalue weighted by atomic mass is 32.2. The number of sulfonamides is 1. The summed E-state index contributed by atoms with van der Waals surface area (Å²) in [6.45, 7) is 2.39. The van der Waals surface area contributed by atoms with E-state index < -0.39 is 14.9 Å². The summed E-state index contributed by atoms with van der Waals surface area (Å²) in [6, 6.07) is 16.5. The third kappa shape index (κ3) is 4.44. The molecule has 0 aliphatic heterocycles. The molecule has 10 heteroatoms. The fraction of sp³-hybridized carbons (Fsp3) is 0.143. The molecule has 0 fully saturated rings. The molecule has 2 heterocycles. The van der Waals surface area contributed by atoms with Gasteiger partial charge in [-0.2, -0.15) is 0 Å². The van der Waals surface area contributed by atoms with Crippen LogP contribution in [0.15, 0.2) is 71.8 Å². The van der Waals surface area contributed by atoms with Crippen LogP contribution in [0, 0.1) is 17.0 Å². The van der Waals surface area contributed by atoms with Crippen LogP contribution in [0.5, 0.6) is 0 Å². The highest BCUT2D eigenvalue weighted by Crippen LogP contribution is 2.19. The number of aryl methyl sites for hydroxylation is 1. The number of imidazole rings is 1. The molecule has 0 radical (unpaired) electrons. The van der Waals surface area contributed by atoms with Crippen molar-refractivity contribution in [1.29, 1.82) is 0 Å². The average Bonchev–Trinajstić information content (AvgIpc) is 3.11. The Morgan fingerprint density at radius 1 is 1.10 bits per heavy atom. The van der Waals surface area contributed by atoms with Crippen molar-refractivity contribution in [2.24, 2.45) is 0 Å². The van der Waals surface area contributed by atoms with Crippen molar-refractivity contribution in [3.05, 3.63) is 93.9 Å². The monoisotopic (exact) mass is 437 g/mol. The Balaban J connectivity index is 1.64. The quantitative estimate of drug-likeness (QED) is 0.350. The van der Waals surface area contributed by atoms with E-state index in [0.29, 0.717) is 23.5 Å². The summed E-state index contributed by atoms with van der Waals surface area (Å²) >= 11 is 0. The van der Waals surface area contributed by atoms with Crippen LogP contribution >= 0.6 is 0 Å². The van der Waals surface area contributed by atoms with Crippen LogP contribution in [-0.4, -0.2) is 27.9 Å². The second-order valence-corrected chi connectivity index (χ2v) is 8.79. The molecule has 0 spiro atoms. The molecule has 0 atom stereocenters. The molecule has 0 unspecified atom stereocenters. The van der Waals surface area contributed by atoms with Crippen LogP contribution < -0.4 is 4.72 Å². The molecule has 2 aromatic carbocycles. The smallest absolute Gasteiger partial charge is 0.270 e. The number of nitro groups is 1. The van der Waals surface area contributed by atoms with Gasteiger partial charge < -0.3 is 4.57 Å². The van der Waals surface area contributed by atoms with Crippen molar-refractivity contribution in [2.75, 3.05) is 0 Å². The van der Waals surface area contributed by atoms with Gasteiger partial charge in [-0.05, 0) is 30.7 Å². The van der Waals surface area contributed by atoms with E-state index in [2.05, 4.69) is 14.7 Å². The SMILES string of the molecule is Cc1ccc(Cn2c(CNS(=O)(=O)c3cccc([N+](=O)[O-])c3)nc3cccnc32)cc1. The van der Waals surface area contributed by atoms with E-state index in [-0.39, 0.29) is 17.1 Å². The van der Waals surface area contributed by atoms with Crippen molar-refractivity contribution in [3.8, 4) is 0 Å². The Morgan fingerprint density at radius 2 is 1.87 bits per heavy atom. The summed E-state index contributed by atoms with van der Waals surface area (Å²) in [6.07, 6.45) is 1.66.